The summed E-state index contributed by atoms with van der Waals surface area (Å²) in [6.45, 7) is 0. The summed E-state index contributed by atoms with van der Waals surface area (Å²) >= 11 is 8.72. The van der Waals surface area contributed by atoms with Crippen molar-refractivity contribution in [2.45, 2.75) is 21.2 Å². The molecule has 0 aliphatic rings. The van der Waals surface area contributed by atoms with Crippen molar-refractivity contribution in [3.05, 3.63) is 0 Å². The number of halogens is 8. The van der Waals surface area contributed by atoms with Crippen molar-refractivity contribution in [3.8, 4) is 0 Å². The molecule has 0 amide bonds. The van der Waals surface area contributed by atoms with Gasteiger partial charge in [0.15, 0.2) is 3.78 Å². The fourth-order valence-corrected chi connectivity index (χ4v) is 0.962. The molecule has 0 aromatic rings. The molecule has 0 saturated heterocycles. The lowest BCUT2D eigenvalue weighted by Gasteiger charge is -2.25. The summed E-state index contributed by atoms with van der Waals surface area (Å²) in [5, 5.41) is 0. The zero-order valence-electron chi connectivity index (χ0n) is 5.23. The minimum Gasteiger partial charge on any atom is -0.191 e. The SMILES string of the molecule is FC(F)(F)CC(Cl)(Br)C(F)(F)Br. The van der Waals surface area contributed by atoms with Crippen molar-refractivity contribution < 1.29 is 22.0 Å². The molecule has 74 valence electrons. The quantitative estimate of drug-likeness (QED) is 0.521. The molecule has 0 fully saturated rings. The second kappa shape index (κ2) is 3.57. The van der Waals surface area contributed by atoms with E-state index in [1.54, 1.807) is 15.9 Å². The summed E-state index contributed by atoms with van der Waals surface area (Å²) in [4.78, 5) is -3.82. The van der Waals surface area contributed by atoms with Gasteiger partial charge in [0.2, 0.25) is 0 Å². The van der Waals surface area contributed by atoms with Gasteiger partial charge in [0.1, 0.15) is 0 Å². The van der Waals surface area contributed by atoms with Crippen LogP contribution in [-0.4, -0.2) is 14.8 Å². The molecule has 0 aromatic heterocycles. The van der Waals surface area contributed by atoms with Gasteiger partial charge in [0, 0.05) is 0 Å². The molecule has 0 radical (unpaired) electrons. The van der Waals surface area contributed by atoms with Crippen molar-refractivity contribution in [3.63, 3.8) is 0 Å². The maximum Gasteiger partial charge on any atom is 0.391 e. The van der Waals surface area contributed by atoms with Crippen LogP contribution < -0.4 is 0 Å². The molecule has 8 heteroatoms. The highest BCUT2D eigenvalue weighted by Crippen LogP contribution is 2.50. The van der Waals surface area contributed by atoms with Crippen molar-refractivity contribution in [2.75, 3.05) is 0 Å². The van der Waals surface area contributed by atoms with Gasteiger partial charge in [-0.2, -0.15) is 22.0 Å². The monoisotopic (exact) mass is 338 g/mol. The molecule has 0 saturated carbocycles. The molecule has 0 rings (SSSR count). The van der Waals surface area contributed by atoms with Gasteiger partial charge in [-0.25, -0.2) is 0 Å². The van der Waals surface area contributed by atoms with E-state index in [0.29, 0.717) is 0 Å². The van der Waals surface area contributed by atoms with Gasteiger partial charge in [-0.1, -0.05) is 27.5 Å². The van der Waals surface area contributed by atoms with Crippen LogP contribution in [-0.2, 0) is 0 Å². The van der Waals surface area contributed by atoms with Crippen LogP contribution in [0.3, 0.4) is 0 Å². The van der Waals surface area contributed by atoms with Crippen LogP contribution in [0.2, 0.25) is 0 Å². The zero-order chi connectivity index (χ0) is 10.2. The van der Waals surface area contributed by atoms with Gasteiger partial charge < -0.3 is 0 Å². The Morgan fingerprint density at radius 1 is 1.00 bits per heavy atom. The summed E-state index contributed by atoms with van der Waals surface area (Å²) < 4.78 is 56.5. The Labute approximate surface area is 86.7 Å². The molecule has 0 aliphatic heterocycles. The third-order valence-corrected chi connectivity index (χ3v) is 3.42. The minimum atomic E-state index is -4.75. The lowest BCUT2D eigenvalue weighted by Crippen LogP contribution is -2.36. The maximum atomic E-state index is 12.3. The van der Waals surface area contributed by atoms with Gasteiger partial charge in [-0.3, -0.25) is 0 Å². The number of hydrogen-bond acceptors (Lipinski definition) is 0. The topological polar surface area (TPSA) is 0 Å². The summed E-state index contributed by atoms with van der Waals surface area (Å²) in [6.07, 6.45) is -6.58. The third-order valence-electron chi connectivity index (χ3n) is 0.837. The van der Waals surface area contributed by atoms with Crippen LogP contribution >= 0.6 is 43.5 Å². The van der Waals surface area contributed by atoms with Crippen LogP contribution in [0.5, 0.6) is 0 Å². The zero-order valence-corrected chi connectivity index (χ0v) is 9.16. The number of alkyl halides is 8. The Morgan fingerprint density at radius 3 is 1.42 bits per heavy atom. The van der Waals surface area contributed by atoms with Crippen LogP contribution in [0.15, 0.2) is 0 Å². The molecular weight excluding hydrogens is 338 g/mol. The third kappa shape index (κ3) is 4.23. The molecule has 1 atom stereocenters. The van der Waals surface area contributed by atoms with Crippen LogP contribution in [0, 0.1) is 0 Å². The second-order valence-electron chi connectivity index (χ2n) is 1.99. The Kier molecular flexibility index (Phi) is 3.84. The first-order chi connectivity index (χ1) is 4.96. The summed E-state index contributed by atoms with van der Waals surface area (Å²) in [5.74, 6) is 0. The van der Waals surface area contributed by atoms with E-state index in [9.17, 15) is 22.0 Å². The van der Waals surface area contributed by atoms with Gasteiger partial charge in [-0.15, -0.1) is 0 Å². The van der Waals surface area contributed by atoms with Crippen molar-refractivity contribution in [2.24, 2.45) is 0 Å². The molecule has 0 nitrogen and oxygen atoms in total. The molecule has 12 heavy (non-hydrogen) atoms. The van der Waals surface area contributed by atoms with Gasteiger partial charge >= 0.3 is 11.0 Å². The van der Waals surface area contributed by atoms with E-state index < -0.39 is 21.2 Å². The van der Waals surface area contributed by atoms with Crippen molar-refractivity contribution in [1.29, 1.82) is 0 Å². The van der Waals surface area contributed by atoms with E-state index in [2.05, 4.69) is 15.9 Å². The number of hydrogen-bond donors (Lipinski definition) is 0. The maximum absolute atomic E-state index is 12.3. The molecule has 0 bridgehead atoms. The molecule has 0 heterocycles. The fraction of sp³-hybridized carbons (Fsp3) is 1.00. The van der Waals surface area contributed by atoms with E-state index >= 15 is 0 Å². The van der Waals surface area contributed by atoms with Crippen LogP contribution in [0.1, 0.15) is 6.42 Å². The largest absolute Gasteiger partial charge is 0.391 e. The smallest absolute Gasteiger partial charge is 0.191 e. The van der Waals surface area contributed by atoms with Gasteiger partial charge in [0.25, 0.3) is 0 Å². The van der Waals surface area contributed by atoms with E-state index in [1.807, 2.05) is 0 Å². The summed E-state index contributed by atoms with van der Waals surface area (Å²) in [5.41, 5.74) is 0. The van der Waals surface area contributed by atoms with Crippen LogP contribution in [0.4, 0.5) is 22.0 Å². The Hall–Kier alpha value is 0.900. The predicted octanol–water partition coefficient (Wildman–Crippen LogP) is 4.26. The standard InChI is InChI=1S/C4H2Br2ClF5/c5-2(7,4(6,11)12)1-3(8,9)10/h1H2. The highest BCUT2D eigenvalue weighted by molar-refractivity contribution is 9.13. The highest BCUT2D eigenvalue weighted by atomic mass is 79.9. The van der Waals surface area contributed by atoms with Gasteiger partial charge in [-0.05, 0) is 15.9 Å². The average Bonchev–Trinajstić information content (AvgIpc) is 1.52. The Balaban J connectivity index is 4.44. The molecule has 0 aromatic carbocycles. The molecule has 1 unspecified atom stereocenters. The highest BCUT2D eigenvalue weighted by Gasteiger charge is 2.54. The van der Waals surface area contributed by atoms with Crippen molar-refractivity contribution >= 4 is 43.5 Å². The van der Waals surface area contributed by atoms with E-state index in [1.165, 1.54) is 0 Å². The molecule has 0 aliphatic carbocycles. The first-order valence-corrected chi connectivity index (χ1v) is 4.43. The van der Waals surface area contributed by atoms with Gasteiger partial charge in [0.05, 0.1) is 6.42 Å². The fourth-order valence-electron chi connectivity index (χ4n) is 0.352. The lowest BCUT2D eigenvalue weighted by atomic mass is 10.3. The molecular formula is C4H2Br2ClF5. The lowest BCUT2D eigenvalue weighted by molar-refractivity contribution is -0.143. The van der Waals surface area contributed by atoms with Crippen LogP contribution in [0.25, 0.3) is 0 Å². The second-order valence-corrected chi connectivity index (χ2v) is 5.45. The van der Waals surface area contributed by atoms with E-state index in [4.69, 9.17) is 11.6 Å². The molecule has 0 spiro atoms. The summed E-state index contributed by atoms with van der Waals surface area (Å²) in [6, 6.07) is 0. The van der Waals surface area contributed by atoms with Crippen molar-refractivity contribution in [1.82, 2.24) is 0 Å². The van der Waals surface area contributed by atoms with E-state index in [0.717, 1.165) is 0 Å². The first kappa shape index (κ1) is 12.9. The summed E-state index contributed by atoms with van der Waals surface area (Å²) in [7, 11) is 0. The predicted molar refractivity (Wildman–Crippen MR) is 42.1 cm³/mol. The Bertz CT molecular complexity index is 160. The average molecular weight is 340 g/mol. The number of rotatable bonds is 2. The molecule has 0 N–H and O–H groups in total. The normalized spacial score (nSPS) is 19.0. The Morgan fingerprint density at radius 2 is 1.33 bits per heavy atom. The minimum absolute atomic E-state index is 1.74. The van der Waals surface area contributed by atoms with E-state index in [-0.39, 0.29) is 0 Å². The first-order valence-electron chi connectivity index (χ1n) is 2.47.